The molecule has 1 fully saturated rings. The number of carboxylic acids is 1. The number of benzene rings is 2. The minimum atomic E-state index is -1.06. The van der Waals surface area contributed by atoms with Gasteiger partial charge in [-0.25, -0.2) is 9.59 Å². The lowest BCUT2D eigenvalue weighted by Crippen LogP contribution is -2.54. The van der Waals surface area contributed by atoms with Gasteiger partial charge in [0.25, 0.3) is 0 Å². The van der Waals surface area contributed by atoms with Crippen LogP contribution in [0.5, 0.6) is 0 Å². The van der Waals surface area contributed by atoms with Crippen LogP contribution in [0.15, 0.2) is 54.6 Å². The largest absolute Gasteiger partial charge is 0.481 e. The summed E-state index contributed by atoms with van der Waals surface area (Å²) in [5.74, 6) is -7.54. The number of nitrogens with two attached hydrogens (primary N) is 2. The molecule has 7 amide bonds. The zero-order chi connectivity index (χ0) is 66.7. The average molecular weight is 1250 g/mol. The number of likely N-dealkylation sites (tertiary alicyclic amines) is 1. The number of ketones is 3. The molecule has 1 saturated heterocycles. The van der Waals surface area contributed by atoms with Crippen molar-refractivity contribution in [2.24, 2.45) is 58.8 Å². The molecule has 3 rings (SSSR count). The van der Waals surface area contributed by atoms with Crippen LogP contribution in [0.4, 0.5) is 15.3 Å². The molecule has 89 heavy (non-hydrogen) atoms. The van der Waals surface area contributed by atoms with Crippen molar-refractivity contribution >= 4 is 64.8 Å². The van der Waals surface area contributed by atoms with Crippen LogP contribution in [0.3, 0.4) is 0 Å². The first-order valence-corrected chi connectivity index (χ1v) is 31.9. The van der Waals surface area contributed by atoms with Crippen LogP contribution in [-0.2, 0) is 65.6 Å². The Hall–Kier alpha value is -6.78. The second kappa shape index (κ2) is 38.7. The van der Waals surface area contributed by atoms with Crippen molar-refractivity contribution in [3.8, 4) is 0 Å². The van der Waals surface area contributed by atoms with E-state index in [1.165, 1.54) is 26.2 Å². The average Bonchev–Trinajstić information content (AvgIpc) is 2.09. The van der Waals surface area contributed by atoms with E-state index in [9.17, 15) is 53.1 Å². The number of urea groups is 1. The first-order valence-electron chi connectivity index (χ1n) is 31.9. The Kier molecular flexibility index (Phi) is 33.2. The van der Waals surface area contributed by atoms with Crippen molar-refractivity contribution in [3.63, 3.8) is 0 Å². The van der Waals surface area contributed by atoms with Gasteiger partial charge in [0, 0.05) is 90.5 Å². The molecule has 0 spiro atoms. The van der Waals surface area contributed by atoms with Crippen LogP contribution in [0.2, 0.25) is 0 Å². The number of rotatable bonds is 41. The summed E-state index contributed by atoms with van der Waals surface area (Å²) in [7, 11) is 6.15. The summed E-state index contributed by atoms with van der Waals surface area (Å²) in [6.07, 6.45) is 2.28. The molecule has 498 valence electrons. The van der Waals surface area contributed by atoms with E-state index in [-0.39, 0.29) is 117 Å². The van der Waals surface area contributed by atoms with Gasteiger partial charge in [-0.3, -0.25) is 38.4 Å². The summed E-state index contributed by atoms with van der Waals surface area (Å²) in [4.78, 5) is 140. The normalized spacial score (nSPS) is 16.6. The van der Waals surface area contributed by atoms with E-state index in [0.717, 1.165) is 18.4 Å². The molecule has 1 heterocycles. The number of likely N-dealkylation sites (N-methyl/N-ethyl adjacent to an activating group) is 2. The second-order valence-corrected chi connectivity index (χ2v) is 25.2. The topological polar surface area (TPSA) is 316 Å². The first kappa shape index (κ1) is 76.5. The Balaban J connectivity index is 1.71. The zero-order valence-electron chi connectivity index (χ0n) is 55.3. The SMILES string of the molecule is CC[C@H](C)[C@@H]([C@@H](CC(=O)N1CCC[C@H]1[C@H](OC)[C@@H](C)C(=O)C[C@@H](Cc1ccccc1)C(=O)O)OC)N(C)C(=O)[C@@H](CC(=O)[C@H](C(C)C)N(C)C(=O)OCc1ccc(NC(=O)[C@H](CCCNC(N)=O)CC(=O)[C@@H](NC(=O)CCCCCN)C(C)C)cc1)C(C)C. The number of primary amides is 1. The number of nitrogens with zero attached hydrogens (tertiary/aromatic N) is 3. The number of unbranched alkanes of at least 4 members (excludes halogenated alkanes) is 2. The number of carbonyl (C=O) groups excluding carboxylic acids is 9. The number of amides is 7. The molecule has 0 aliphatic carbocycles. The maximum atomic E-state index is 14.9. The highest BCUT2D eigenvalue weighted by Gasteiger charge is 2.44. The van der Waals surface area contributed by atoms with Gasteiger partial charge in [0.2, 0.25) is 23.6 Å². The van der Waals surface area contributed by atoms with E-state index >= 15 is 0 Å². The number of hydrogen-bond donors (Lipinski definition) is 6. The number of anilines is 1. The van der Waals surface area contributed by atoms with Crippen LogP contribution in [0.25, 0.3) is 0 Å². The molecular weight excluding hydrogens is 1140 g/mol. The molecule has 0 bridgehead atoms. The van der Waals surface area contributed by atoms with E-state index < -0.39 is 84.0 Å². The number of nitrogens with one attached hydrogen (secondary N) is 3. The van der Waals surface area contributed by atoms with Crippen molar-refractivity contribution in [1.29, 1.82) is 0 Å². The lowest BCUT2D eigenvalue weighted by molar-refractivity contribution is -0.149. The highest BCUT2D eigenvalue weighted by molar-refractivity contribution is 5.97. The van der Waals surface area contributed by atoms with Gasteiger partial charge in [-0.15, -0.1) is 0 Å². The molecule has 0 aromatic heterocycles. The number of ether oxygens (including phenoxy) is 3. The van der Waals surface area contributed by atoms with Gasteiger partial charge in [-0.05, 0) is 98.4 Å². The van der Waals surface area contributed by atoms with Gasteiger partial charge in [-0.2, -0.15) is 0 Å². The Morgan fingerprint density at radius 1 is 0.730 bits per heavy atom. The Morgan fingerprint density at radius 2 is 1.38 bits per heavy atom. The van der Waals surface area contributed by atoms with Gasteiger partial charge in [0.05, 0.1) is 48.7 Å². The van der Waals surface area contributed by atoms with Gasteiger partial charge in [-0.1, -0.05) is 118 Å². The first-order chi connectivity index (χ1) is 42.1. The summed E-state index contributed by atoms with van der Waals surface area (Å²) in [6, 6.07) is 12.2. The minimum absolute atomic E-state index is 0.0886. The van der Waals surface area contributed by atoms with E-state index in [0.29, 0.717) is 56.4 Å². The van der Waals surface area contributed by atoms with E-state index in [1.54, 1.807) is 48.0 Å². The van der Waals surface area contributed by atoms with Crippen molar-refractivity contribution in [3.05, 3.63) is 65.7 Å². The molecule has 0 unspecified atom stereocenters. The van der Waals surface area contributed by atoms with Crippen molar-refractivity contribution in [2.45, 2.75) is 195 Å². The Labute approximate surface area is 528 Å². The highest BCUT2D eigenvalue weighted by atomic mass is 16.6. The molecule has 22 nitrogen and oxygen atoms in total. The van der Waals surface area contributed by atoms with Crippen LogP contribution in [-0.4, -0.2) is 163 Å². The maximum absolute atomic E-state index is 14.9. The van der Waals surface area contributed by atoms with Crippen LogP contribution < -0.4 is 27.4 Å². The number of carboxylic acid groups (broad SMARTS) is 1. The summed E-state index contributed by atoms with van der Waals surface area (Å²) >= 11 is 0. The fourth-order valence-corrected chi connectivity index (χ4v) is 12.2. The molecule has 1 aliphatic heterocycles. The lowest BCUT2D eigenvalue weighted by atomic mass is 9.83. The number of carbonyl (C=O) groups is 10. The molecule has 8 N–H and O–H groups in total. The molecule has 2 aromatic rings. The standard InChI is InChI=1S/C67H106N8O14/c1-14-44(8)61(56(87-12)39-58(80)75-34-22-26-52(75)62(88-13)45(9)53(76)37-49(65(83)84)35-46-23-17-15-18-24-46)73(10)64(82)51(41(2)3)38-55(78)60(43(6)7)74(11)67(86)89-40-47-28-30-50(31-29-47)71-63(81)48(25-21-33-70-66(69)85)36-54(77)59(42(4)5)72-57(79)27-19-16-20-32-68/h15,17-18,23-24,28-31,41-45,48-49,51-52,56,59-62H,14,16,19-22,25-27,32-40,68H2,1-13H3,(H,71,81)(H,72,79)(H,83,84)(H3,69,70,85)/t44-,45-,48+,49+,51-,52-,56+,59-,60-,61-,62+/m0/s1. The fraction of sp³-hybridized carbons (Fsp3) is 0.672. The van der Waals surface area contributed by atoms with Crippen LogP contribution in [0, 0.1) is 47.3 Å². The number of Topliss-reactive ketones (excluding diaryl/α,β-unsaturated/α-hetero) is 3. The third-order valence-electron chi connectivity index (χ3n) is 17.6. The number of methoxy groups -OCH3 is 2. The Morgan fingerprint density at radius 3 is 1.94 bits per heavy atom. The van der Waals surface area contributed by atoms with Crippen molar-refractivity contribution in [1.82, 2.24) is 25.3 Å². The van der Waals surface area contributed by atoms with E-state index in [1.807, 2.05) is 85.7 Å². The summed E-state index contributed by atoms with van der Waals surface area (Å²) in [5.41, 5.74) is 12.6. The highest BCUT2D eigenvalue weighted by Crippen LogP contribution is 2.33. The van der Waals surface area contributed by atoms with E-state index in [2.05, 4.69) is 16.0 Å². The van der Waals surface area contributed by atoms with Crippen LogP contribution in [0.1, 0.15) is 157 Å². The smallest absolute Gasteiger partial charge is 0.410 e. The maximum Gasteiger partial charge on any atom is 0.410 e. The Bertz CT molecular complexity index is 2600. The molecule has 0 saturated carbocycles. The van der Waals surface area contributed by atoms with Crippen molar-refractivity contribution < 1.29 is 67.3 Å². The minimum Gasteiger partial charge on any atom is -0.481 e. The molecule has 11 atom stereocenters. The predicted octanol–water partition coefficient (Wildman–Crippen LogP) is 7.96. The summed E-state index contributed by atoms with van der Waals surface area (Å²) < 4.78 is 17.8. The third kappa shape index (κ3) is 24.2. The number of hydrogen-bond acceptors (Lipinski definition) is 14. The third-order valence-corrected chi connectivity index (χ3v) is 17.6. The monoisotopic (exact) mass is 1250 g/mol. The second-order valence-electron chi connectivity index (χ2n) is 25.2. The quantitative estimate of drug-likeness (QED) is 0.0344. The van der Waals surface area contributed by atoms with Gasteiger partial charge in [0.15, 0.2) is 11.6 Å². The van der Waals surface area contributed by atoms with Gasteiger partial charge < -0.3 is 61.4 Å². The molecule has 0 radical (unpaired) electrons. The zero-order valence-corrected chi connectivity index (χ0v) is 55.3. The molecule has 2 aromatic carbocycles. The molecular formula is C67H106N8O14. The van der Waals surface area contributed by atoms with E-state index in [4.69, 9.17) is 25.7 Å². The lowest BCUT2D eigenvalue weighted by Gasteiger charge is -2.41. The van der Waals surface area contributed by atoms with Crippen LogP contribution >= 0.6 is 0 Å². The molecule has 22 heteroatoms. The van der Waals surface area contributed by atoms with Crippen molar-refractivity contribution in [2.75, 3.05) is 53.3 Å². The number of aliphatic carboxylic acids is 1. The predicted molar refractivity (Wildman–Crippen MR) is 341 cm³/mol. The summed E-state index contributed by atoms with van der Waals surface area (Å²) in [6.45, 7) is 17.6. The molecule has 1 aliphatic rings. The van der Waals surface area contributed by atoms with Gasteiger partial charge >= 0.3 is 18.1 Å². The van der Waals surface area contributed by atoms with Gasteiger partial charge in [0.1, 0.15) is 12.4 Å². The summed E-state index contributed by atoms with van der Waals surface area (Å²) in [5, 5.41) is 18.3. The fourth-order valence-electron chi connectivity index (χ4n) is 12.2.